The number of H-pyrrole nitrogens is 1. The van der Waals surface area contributed by atoms with Gasteiger partial charge in [0.2, 0.25) is 0 Å². The summed E-state index contributed by atoms with van der Waals surface area (Å²) < 4.78 is 39.2. The fourth-order valence-electron chi connectivity index (χ4n) is 2.74. The standard InChI is InChI=1S/C20H16F3N5O3/c21-12-3-1-11(2-4-12)19(30)27-13-5-7-14(8-6-13)28(9-15(22)23)20(31)17-16(18(24)29)25-10-26-17/h1-8,10,15H,9H2,(H2,24,29)(H,25,26)(H,27,30). The molecule has 0 fully saturated rings. The highest BCUT2D eigenvalue weighted by Crippen LogP contribution is 2.22. The van der Waals surface area contributed by atoms with Crippen LogP contribution in [-0.2, 0) is 0 Å². The molecule has 2 aromatic carbocycles. The lowest BCUT2D eigenvalue weighted by atomic mass is 10.2. The number of aromatic nitrogens is 2. The van der Waals surface area contributed by atoms with E-state index in [0.29, 0.717) is 5.69 Å². The second-order valence-corrected chi connectivity index (χ2v) is 6.31. The second-order valence-electron chi connectivity index (χ2n) is 6.31. The molecule has 31 heavy (non-hydrogen) atoms. The number of nitrogens with two attached hydrogens (primary N) is 1. The fourth-order valence-corrected chi connectivity index (χ4v) is 2.74. The van der Waals surface area contributed by atoms with Crippen molar-refractivity contribution in [2.24, 2.45) is 5.73 Å². The third-order valence-corrected chi connectivity index (χ3v) is 4.20. The predicted octanol–water partition coefficient (Wildman–Crippen LogP) is 2.81. The number of anilines is 2. The second kappa shape index (κ2) is 9.11. The molecule has 11 heteroatoms. The zero-order valence-corrected chi connectivity index (χ0v) is 15.8. The molecule has 0 aliphatic heterocycles. The minimum atomic E-state index is -2.86. The Labute approximate surface area is 173 Å². The van der Waals surface area contributed by atoms with Gasteiger partial charge in [-0.3, -0.25) is 14.4 Å². The first-order chi connectivity index (χ1) is 14.8. The average molecular weight is 431 g/mol. The molecule has 0 bridgehead atoms. The predicted molar refractivity (Wildman–Crippen MR) is 106 cm³/mol. The van der Waals surface area contributed by atoms with Crippen LogP contribution in [0.4, 0.5) is 24.5 Å². The molecule has 3 rings (SSSR count). The van der Waals surface area contributed by atoms with Crippen LogP contribution in [0.3, 0.4) is 0 Å². The number of halogens is 3. The van der Waals surface area contributed by atoms with Gasteiger partial charge >= 0.3 is 0 Å². The van der Waals surface area contributed by atoms with E-state index in [2.05, 4.69) is 15.3 Å². The van der Waals surface area contributed by atoms with Crippen LogP contribution in [0.2, 0.25) is 0 Å². The molecule has 4 N–H and O–H groups in total. The van der Waals surface area contributed by atoms with E-state index in [4.69, 9.17) is 5.73 Å². The molecule has 1 heterocycles. The van der Waals surface area contributed by atoms with E-state index in [0.717, 1.165) is 23.4 Å². The maximum Gasteiger partial charge on any atom is 0.279 e. The van der Waals surface area contributed by atoms with Gasteiger partial charge in [0, 0.05) is 16.9 Å². The lowest BCUT2D eigenvalue weighted by Crippen LogP contribution is -2.36. The first-order valence-electron chi connectivity index (χ1n) is 8.86. The number of nitrogens with zero attached hydrogens (tertiary/aromatic N) is 2. The number of hydrogen-bond donors (Lipinski definition) is 3. The number of nitrogens with one attached hydrogen (secondary N) is 2. The van der Waals surface area contributed by atoms with Crippen molar-refractivity contribution in [2.75, 3.05) is 16.8 Å². The maximum absolute atomic E-state index is 13.1. The van der Waals surface area contributed by atoms with Crippen molar-refractivity contribution in [2.45, 2.75) is 6.43 Å². The zero-order valence-electron chi connectivity index (χ0n) is 15.8. The van der Waals surface area contributed by atoms with E-state index in [1.54, 1.807) is 0 Å². The Balaban J connectivity index is 1.81. The van der Waals surface area contributed by atoms with Crippen molar-refractivity contribution in [3.8, 4) is 0 Å². The Morgan fingerprint density at radius 3 is 2.29 bits per heavy atom. The summed E-state index contributed by atoms with van der Waals surface area (Å²) in [5.41, 5.74) is 5.11. The molecule has 0 aliphatic rings. The van der Waals surface area contributed by atoms with Gasteiger partial charge in [-0.1, -0.05) is 0 Å². The number of imidazole rings is 1. The highest BCUT2D eigenvalue weighted by molar-refractivity contribution is 6.11. The van der Waals surface area contributed by atoms with E-state index in [9.17, 15) is 27.6 Å². The van der Waals surface area contributed by atoms with Gasteiger partial charge in [0.15, 0.2) is 5.69 Å². The molecule has 0 saturated heterocycles. The summed E-state index contributed by atoms with van der Waals surface area (Å²) in [5, 5.41) is 2.57. The first kappa shape index (κ1) is 21.6. The average Bonchev–Trinajstić information content (AvgIpc) is 3.23. The summed E-state index contributed by atoms with van der Waals surface area (Å²) in [7, 11) is 0. The van der Waals surface area contributed by atoms with Gasteiger partial charge in [0.1, 0.15) is 11.5 Å². The summed E-state index contributed by atoms with van der Waals surface area (Å²) in [4.78, 5) is 43.2. The van der Waals surface area contributed by atoms with Crippen LogP contribution in [0.5, 0.6) is 0 Å². The van der Waals surface area contributed by atoms with E-state index in [1.165, 1.54) is 36.4 Å². The van der Waals surface area contributed by atoms with Crippen LogP contribution >= 0.6 is 0 Å². The number of carbonyl (C=O) groups is 3. The molecule has 0 spiro atoms. The molecule has 160 valence electrons. The van der Waals surface area contributed by atoms with Gasteiger partial charge < -0.3 is 20.9 Å². The third-order valence-electron chi connectivity index (χ3n) is 4.20. The summed E-state index contributed by atoms with van der Waals surface area (Å²) in [6.07, 6.45) is -1.81. The van der Waals surface area contributed by atoms with Crippen molar-refractivity contribution >= 4 is 29.1 Å². The first-order valence-corrected chi connectivity index (χ1v) is 8.86. The van der Waals surface area contributed by atoms with Gasteiger partial charge in [-0.25, -0.2) is 18.2 Å². The zero-order chi connectivity index (χ0) is 22.5. The number of hydrogen-bond acceptors (Lipinski definition) is 4. The van der Waals surface area contributed by atoms with Crippen LogP contribution in [0.15, 0.2) is 54.9 Å². The summed E-state index contributed by atoms with van der Waals surface area (Å²) in [6.45, 7) is -0.953. The number of rotatable bonds is 7. The van der Waals surface area contributed by atoms with Crippen LogP contribution in [-0.4, -0.2) is 40.7 Å². The molecule has 0 aliphatic carbocycles. The molecular formula is C20H16F3N5O3. The third kappa shape index (κ3) is 5.07. The van der Waals surface area contributed by atoms with E-state index < -0.39 is 36.5 Å². The van der Waals surface area contributed by atoms with Gasteiger partial charge in [0.05, 0.1) is 12.9 Å². The SMILES string of the molecule is NC(=O)c1[nH]cnc1C(=O)N(CC(F)F)c1ccc(NC(=O)c2ccc(F)cc2)cc1. The van der Waals surface area contributed by atoms with Crippen LogP contribution in [0.25, 0.3) is 0 Å². The lowest BCUT2D eigenvalue weighted by Gasteiger charge is -2.22. The Morgan fingerprint density at radius 1 is 1.06 bits per heavy atom. The van der Waals surface area contributed by atoms with E-state index in [-0.39, 0.29) is 22.6 Å². The molecule has 0 radical (unpaired) electrons. The minimum absolute atomic E-state index is 0.0866. The van der Waals surface area contributed by atoms with Crippen molar-refractivity contribution < 1.29 is 27.6 Å². The fraction of sp³-hybridized carbons (Fsp3) is 0.100. The summed E-state index contributed by atoms with van der Waals surface area (Å²) in [5.74, 6) is -2.90. The van der Waals surface area contributed by atoms with E-state index in [1.807, 2.05) is 0 Å². The van der Waals surface area contributed by atoms with Crippen LogP contribution in [0, 0.1) is 5.82 Å². The molecule has 0 unspecified atom stereocenters. The Kier molecular flexibility index (Phi) is 6.34. The Hall–Kier alpha value is -4.15. The van der Waals surface area contributed by atoms with Gasteiger partial charge in [0.25, 0.3) is 24.1 Å². The minimum Gasteiger partial charge on any atom is -0.364 e. The van der Waals surface area contributed by atoms with Crippen molar-refractivity contribution in [3.63, 3.8) is 0 Å². The molecular weight excluding hydrogens is 415 g/mol. The lowest BCUT2D eigenvalue weighted by molar-refractivity contribution is 0.0927. The van der Waals surface area contributed by atoms with Crippen molar-refractivity contribution in [1.82, 2.24) is 9.97 Å². The number of benzene rings is 2. The smallest absolute Gasteiger partial charge is 0.279 e. The van der Waals surface area contributed by atoms with Gasteiger partial charge in [-0.15, -0.1) is 0 Å². The molecule has 3 amide bonds. The molecule has 1 aromatic heterocycles. The molecule has 0 saturated carbocycles. The quantitative estimate of drug-likeness (QED) is 0.533. The Morgan fingerprint density at radius 2 is 1.71 bits per heavy atom. The number of amides is 3. The Bertz CT molecular complexity index is 1100. The highest BCUT2D eigenvalue weighted by atomic mass is 19.3. The molecule has 3 aromatic rings. The van der Waals surface area contributed by atoms with Gasteiger partial charge in [-0.2, -0.15) is 0 Å². The summed E-state index contributed by atoms with van der Waals surface area (Å²) in [6, 6.07) is 10.4. The number of carbonyl (C=O) groups excluding carboxylic acids is 3. The van der Waals surface area contributed by atoms with Crippen molar-refractivity contribution in [3.05, 3.63) is 77.6 Å². The highest BCUT2D eigenvalue weighted by Gasteiger charge is 2.27. The topological polar surface area (TPSA) is 121 Å². The normalized spacial score (nSPS) is 10.7. The monoisotopic (exact) mass is 431 g/mol. The molecule has 0 atom stereocenters. The van der Waals surface area contributed by atoms with Gasteiger partial charge in [-0.05, 0) is 48.5 Å². The van der Waals surface area contributed by atoms with Crippen LogP contribution < -0.4 is 16.0 Å². The largest absolute Gasteiger partial charge is 0.364 e. The summed E-state index contributed by atoms with van der Waals surface area (Å²) >= 11 is 0. The van der Waals surface area contributed by atoms with Crippen molar-refractivity contribution in [1.29, 1.82) is 0 Å². The number of primary amides is 1. The van der Waals surface area contributed by atoms with Crippen LogP contribution in [0.1, 0.15) is 31.3 Å². The number of alkyl halides is 2. The molecule has 8 nitrogen and oxygen atoms in total. The van der Waals surface area contributed by atoms with E-state index >= 15 is 0 Å². The maximum atomic E-state index is 13.1. The number of aromatic amines is 1.